The molecule has 2 aromatic heterocycles. The number of pyridine rings is 1. The lowest BCUT2D eigenvalue weighted by Gasteiger charge is -2.47. The second-order valence-electron chi connectivity index (χ2n) is 10.9. The van der Waals surface area contributed by atoms with Gasteiger partial charge in [0.05, 0.1) is 11.9 Å². The van der Waals surface area contributed by atoms with Crippen LogP contribution in [-0.4, -0.2) is 66.7 Å². The molecule has 0 spiro atoms. The smallest absolute Gasteiger partial charge is 0.352 e. The number of thioether (sulfide) groups is 1. The lowest BCUT2D eigenvalue weighted by molar-refractivity contribution is -0.687. The van der Waals surface area contributed by atoms with E-state index in [4.69, 9.17) is 10.6 Å². The molecule has 48 heavy (non-hydrogen) atoms. The van der Waals surface area contributed by atoms with Crippen molar-refractivity contribution in [2.45, 2.75) is 23.9 Å². The quantitative estimate of drug-likeness (QED) is 0.0673. The van der Waals surface area contributed by atoms with Crippen LogP contribution in [0, 0.1) is 11.7 Å². The van der Waals surface area contributed by atoms with Crippen LogP contribution in [-0.2, 0) is 30.6 Å². The maximum Gasteiger partial charge on any atom is 0.352 e. The first-order valence-corrected chi connectivity index (χ1v) is 16.0. The van der Waals surface area contributed by atoms with E-state index in [-0.39, 0.29) is 28.7 Å². The van der Waals surface area contributed by atoms with Gasteiger partial charge < -0.3 is 41.1 Å². The zero-order valence-electron chi connectivity index (χ0n) is 24.4. The molecule has 6 rings (SSSR count). The largest absolute Gasteiger partial charge is 0.545 e. The number of nitrogens with two attached hydrogens (primary N) is 1. The number of carbonyl (C=O) groups is 4. The molecule has 1 saturated carbocycles. The number of halogens is 1. The monoisotopic (exact) mass is 693 g/mol. The molecule has 0 radical (unpaired) electrons. The lowest BCUT2D eigenvalue weighted by atomic mass is 9.71. The van der Waals surface area contributed by atoms with Crippen molar-refractivity contribution in [2.75, 3.05) is 11.5 Å². The summed E-state index contributed by atoms with van der Waals surface area (Å²) >= 11 is 2.22. The summed E-state index contributed by atoms with van der Waals surface area (Å²) in [5.41, 5.74) is 4.91. The van der Waals surface area contributed by atoms with E-state index in [1.165, 1.54) is 17.1 Å². The van der Waals surface area contributed by atoms with Gasteiger partial charge in [0.15, 0.2) is 52.9 Å². The predicted molar refractivity (Wildman–Crippen MR) is 167 cm³/mol. The second kappa shape index (κ2) is 12.9. The molecule has 0 saturated heterocycles. The molecular weight excluding hydrogens is 669 g/mol. The van der Waals surface area contributed by atoms with E-state index in [0.29, 0.717) is 11.6 Å². The number of aliphatic carboxylic acids is 2. The molecule has 1 fully saturated rings. The van der Waals surface area contributed by atoms with Crippen molar-refractivity contribution < 1.29 is 53.4 Å². The fraction of sp³-hybridized carbons (Fsp3) is 0.194. The summed E-state index contributed by atoms with van der Waals surface area (Å²) in [6.07, 6.45) is 1.64. The molecular formula is C31H24FN5O9S2. The van der Waals surface area contributed by atoms with Gasteiger partial charge in [0.25, 0.3) is 5.91 Å². The normalized spacial score (nSPS) is 19.7. The average Bonchev–Trinajstić information content (AvgIpc) is 3.49. The number of Topliss-reactive ketones (excluding diaryl/α,β-unsaturated/α-hetero) is 1. The van der Waals surface area contributed by atoms with Crippen LogP contribution in [0.1, 0.15) is 17.4 Å². The first-order chi connectivity index (χ1) is 22.9. The number of benzene rings is 2. The minimum Gasteiger partial charge on any atom is -0.545 e. The lowest BCUT2D eigenvalue weighted by Crippen LogP contribution is -2.66. The van der Waals surface area contributed by atoms with Gasteiger partial charge in [-0.15, -0.1) is 11.3 Å². The molecule has 1 amide bonds. The number of aromatic hydroxyl groups is 2. The molecule has 3 heterocycles. The Hall–Kier alpha value is -5.55. The van der Waals surface area contributed by atoms with Gasteiger partial charge in [0.2, 0.25) is 6.10 Å². The minimum atomic E-state index is -2.05. The molecule has 2 aliphatic rings. The number of nitrogens with zero attached hydrogens (tertiary/aromatic N) is 3. The van der Waals surface area contributed by atoms with Gasteiger partial charge in [0.1, 0.15) is 11.7 Å². The van der Waals surface area contributed by atoms with Crippen molar-refractivity contribution in [3.05, 3.63) is 88.5 Å². The van der Waals surface area contributed by atoms with Gasteiger partial charge in [0, 0.05) is 39.0 Å². The molecule has 2 aromatic carbocycles. The maximum absolute atomic E-state index is 14.0. The van der Waals surface area contributed by atoms with Crippen LogP contribution in [0.5, 0.6) is 11.5 Å². The molecule has 6 N–H and O–H groups in total. The van der Waals surface area contributed by atoms with Crippen LogP contribution in [0.3, 0.4) is 0 Å². The van der Waals surface area contributed by atoms with Crippen molar-refractivity contribution in [2.24, 2.45) is 11.1 Å². The number of carboxylic acids is 2. The predicted octanol–water partition coefficient (Wildman–Crippen LogP) is 0.809. The van der Waals surface area contributed by atoms with Gasteiger partial charge in [-0.3, -0.25) is 9.59 Å². The summed E-state index contributed by atoms with van der Waals surface area (Å²) < 4.78 is 15.9. The standard InChI is InChI=1S/C31H24FN5O9S2/c32-17-7-15(8-19(38)24(17)39)26(30(44)45)46-36-22(18-12-48-31(33)34-18)28(41)35-23-25(40)21-20(29(42)43)16(11-47-27(21)23)10-37-6-5-13-3-1-2-4-14(13)9-37/h1-9,12,21,23,26-27H,10-11H2,(H6-,33,34,35,36,38,39,41,42,43,44,45)/t21?,23-,26+,27+/m1/s1. The molecule has 246 valence electrons. The van der Waals surface area contributed by atoms with E-state index in [0.717, 1.165) is 28.2 Å². The van der Waals surface area contributed by atoms with Gasteiger partial charge in [-0.05, 0) is 29.2 Å². The molecule has 1 unspecified atom stereocenters. The number of anilines is 1. The Bertz CT molecular complexity index is 2040. The Labute approximate surface area is 278 Å². The third kappa shape index (κ3) is 6.12. The van der Waals surface area contributed by atoms with Crippen LogP contribution >= 0.6 is 23.1 Å². The first-order valence-electron chi connectivity index (χ1n) is 14.1. The number of thiazole rings is 1. The molecule has 1 aliphatic carbocycles. The zero-order valence-corrected chi connectivity index (χ0v) is 26.0. The number of hydrogen-bond acceptors (Lipinski definition) is 13. The molecule has 1 aliphatic heterocycles. The highest BCUT2D eigenvalue weighted by Gasteiger charge is 2.55. The first kappa shape index (κ1) is 32.4. The van der Waals surface area contributed by atoms with Crippen molar-refractivity contribution >= 4 is 68.3 Å². The van der Waals surface area contributed by atoms with Crippen LogP contribution in [0.2, 0.25) is 0 Å². The number of carbonyl (C=O) groups excluding carboxylic acids is 3. The number of phenols is 2. The Kier molecular flexibility index (Phi) is 8.72. The molecule has 0 bridgehead atoms. The van der Waals surface area contributed by atoms with E-state index in [2.05, 4.69) is 15.5 Å². The van der Waals surface area contributed by atoms with Crippen molar-refractivity contribution in [3.63, 3.8) is 0 Å². The molecule has 17 heteroatoms. The number of rotatable bonds is 10. The summed E-state index contributed by atoms with van der Waals surface area (Å²) in [4.78, 5) is 60.2. The summed E-state index contributed by atoms with van der Waals surface area (Å²) in [7, 11) is 0. The van der Waals surface area contributed by atoms with Crippen molar-refractivity contribution in [3.8, 4) is 11.5 Å². The van der Waals surface area contributed by atoms with E-state index in [9.17, 15) is 44.0 Å². The topological polar surface area (TPSA) is 228 Å². The molecule has 4 atom stereocenters. The number of fused-ring (bicyclic) bond motifs is 2. The maximum atomic E-state index is 14.0. The van der Waals surface area contributed by atoms with Gasteiger partial charge >= 0.3 is 5.97 Å². The molecule has 14 nitrogen and oxygen atoms in total. The highest BCUT2D eigenvalue weighted by Crippen LogP contribution is 2.45. The summed E-state index contributed by atoms with van der Waals surface area (Å²) in [6, 6.07) is 9.78. The van der Waals surface area contributed by atoms with E-state index < -0.39 is 75.5 Å². The van der Waals surface area contributed by atoms with Gasteiger partial charge in [-0.25, -0.2) is 18.7 Å². The minimum absolute atomic E-state index is 0.0222. The Morgan fingerprint density at radius 3 is 2.62 bits per heavy atom. The van der Waals surface area contributed by atoms with Gasteiger partial charge in [-0.1, -0.05) is 23.4 Å². The number of amides is 1. The van der Waals surface area contributed by atoms with E-state index in [1.807, 2.05) is 47.3 Å². The summed E-state index contributed by atoms with van der Waals surface area (Å²) in [5, 5.41) is 50.1. The third-order valence-corrected chi connectivity index (χ3v) is 9.98. The summed E-state index contributed by atoms with van der Waals surface area (Å²) in [5.74, 6) is -8.95. The number of oxime groups is 1. The van der Waals surface area contributed by atoms with Crippen LogP contribution < -0.4 is 20.7 Å². The second-order valence-corrected chi connectivity index (χ2v) is 12.9. The Morgan fingerprint density at radius 2 is 1.96 bits per heavy atom. The number of aromatic nitrogens is 2. The summed E-state index contributed by atoms with van der Waals surface area (Å²) in [6.45, 7) is 0.210. The number of nitrogens with one attached hydrogen (secondary N) is 1. The Balaban J connectivity index is 1.23. The van der Waals surface area contributed by atoms with E-state index in [1.54, 1.807) is 0 Å². The van der Waals surface area contributed by atoms with E-state index >= 15 is 0 Å². The number of ketones is 1. The molecule has 4 aromatic rings. The van der Waals surface area contributed by atoms with Crippen LogP contribution in [0.4, 0.5) is 9.52 Å². The number of hydrogen-bond donors (Lipinski definition) is 5. The highest BCUT2D eigenvalue weighted by atomic mass is 32.2. The Morgan fingerprint density at radius 1 is 1.21 bits per heavy atom. The fourth-order valence-corrected chi connectivity index (χ4v) is 7.60. The van der Waals surface area contributed by atoms with Crippen molar-refractivity contribution in [1.29, 1.82) is 0 Å². The van der Waals surface area contributed by atoms with Crippen LogP contribution in [0.15, 0.2) is 76.5 Å². The fourth-order valence-electron chi connectivity index (χ4n) is 5.56. The van der Waals surface area contributed by atoms with Crippen molar-refractivity contribution in [1.82, 2.24) is 10.3 Å². The average molecular weight is 694 g/mol. The van der Waals surface area contributed by atoms with Gasteiger partial charge in [-0.2, -0.15) is 11.8 Å². The SMILES string of the molecule is Nc1nc(/C(=N/O[C@H](C(=O)O)c2cc(O)c(O)c(F)c2)C(=O)N[C@@H]2C(=O)C3C(C(=O)[O-])=C(C[n+]4ccc5ccccc5c4)CS[C@@H]32)cs1. The highest BCUT2D eigenvalue weighted by molar-refractivity contribution is 8.00. The number of carboxylic acid groups (broad SMARTS) is 2. The third-order valence-electron chi connectivity index (χ3n) is 7.86. The number of nitrogen functional groups attached to an aromatic ring is 1. The zero-order chi connectivity index (χ0) is 34.3. The number of phenolic OH excluding ortho intramolecular Hbond substituents is 2. The van der Waals surface area contributed by atoms with Crippen LogP contribution in [0.25, 0.3) is 10.8 Å².